The molecule has 0 saturated carbocycles. The van der Waals surface area contributed by atoms with E-state index < -0.39 is 16.8 Å². The number of carbonyl (C=O) groups excluding carboxylic acids is 1. The molecule has 0 saturated heterocycles. The number of rotatable bonds is 3. The number of carboxylic acids is 1. The van der Waals surface area contributed by atoms with Gasteiger partial charge < -0.3 is 10.8 Å². The third-order valence-electron chi connectivity index (χ3n) is 2.71. The van der Waals surface area contributed by atoms with Gasteiger partial charge in [-0.05, 0) is 18.2 Å². The van der Waals surface area contributed by atoms with Crippen LogP contribution >= 0.6 is 0 Å². The third kappa shape index (κ3) is 1.97. The molecule has 0 atom stereocenters. The number of nitrogens with zero attached hydrogens (tertiary/aromatic N) is 1. The van der Waals surface area contributed by atoms with E-state index in [-0.39, 0.29) is 27.6 Å². The lowest BCUT2D eigenvalue weighted by molar-refractivity contribution is -0.383. The van der Waals surface area contributed by atoms with Crippen molar-refractivity contribution in [1.82, 2.24) is 0 Å². The number of carboxylic acid groups (broad SMARTS) is 1. The SMILES string of the molecule is NC(=O)c1cccc2c([N+](=O)[O-])ccc(C(=O)O)c12. The molecule has 3 N–H and O–H groups in total. The Labute approximate surface area is 106 Å². The summed E-state index contributed by atoms with van der Waals surface area (Å²) in [6.45, 7) is 0. The van der Waals surface area contributed by atoms with Crippen LogP contribution in [0.3, 0.4) is 0 Å². The number of benzene rings is 2. The molecule has 19 heavy (non-hydrogen) atoms. The highest BCUT2D eigenvalue weighted by atomic mass is 16.6. The Morgan fingerprint density at radius 1 is 1.16 bits per heavy atom. The van der Waals surface area contributed by atoms with Crippen LogP contribution in [0.25, 0.3) is 10.8 Å². The Hall–Kier alpha value is -2.96. The number of non-ortho nitro benzene ring substituents is 1. The summed E-state index contributed by atoms with van der Waals surface area (Å²) in [6, 6.07) is 6.32. The number of carbonyl (C=O) groups is 2. The normalized spacial score (nSPS) is 10.3. The van der Waals surface area contributed by atoms with Crippen LogP contribution in [0, 0.1) is 10.1 Å². The van der Waals surface area contributed by atoms with Crippen molar-refractivity contribution in [3.63, 3.8) is 0 Å². The summed E-state index contributed by atoms with van der Waals surface area (Å²) in [5.74, 6) is -2.12. The van der Waals surface area contributed by atoms with Crippen molar-refractivity contribution in [3.05, 3.63) is 51.6 Å². The van der Waals surface area contributed by atoms with Gasteiger partial charge in [-0.1, -0.05) is 6.07 Å². The zero-order valence-electron chi connectivity index (χ0n) is 9.49. The van der Waals surface area contributed by atoms with E-state index in [0.717, 1.165) is 12.1 Å². The smallest absolute Gasteiger partial charge is 0.336 e. The standard InChI is InChI=1S/C12H8N2O5/c13-11(15)7-3-1-2-6-9(14(18)19)5-4-8(10(6)7)12(16)17/h1-5H,(H2,13,15)(H,16,17). The minimum atomic E-state index is -1.28. The lowest BCUT2D eigenvalue weighted by Gasteiger charge is -2.07. The van der Waals surface area contributed by atoms with E-state index in [2.05, 4.69) is 0 Å². The quantitative estimate of drug-likeness (QED) is 0.639. The van der Waals surface area contributed by atoms with Crippen LogP contribution in [0.2, 0.25) is 0 Å². The predicted molar refractivity (Wildman–Crippen MR) is 66.1 cm³/mol. The van der Waals surface area contributed by atoms with Gasteiger partial charge in [0.15, 0.2) is 0 Å². The van der Waals surface area contributed by atoms with Crippen LogP contribution in [0.15, 0.2) is 30.3 Å². The maximum absolute atomic E-state index is 11.3. The molecular formula is C12H8N2O5. The fourth-order valence-electron chi connectivity index (χ4n) is 1.93. The summed E-state index contributed by atoms with van der Waals surface area (Å²) in [6.07, 6.45) is 0. The second-order valence-electron chi connectivity index (χ2n) is 3.79. The Morgan fingerprint density at radius 2 is 1.84 bits per heavy atom. The van der Waals surface area contributed by atoms with E-state index in [9.17, 15) is 19.7 Å². The van der Waals surface area contributed by atoms with Gasteiger partial charge >= 0.3 is 5.97 Å². The zero-order valence-corrected chi connectivity index (χ0v) is 9.49. The lowest BCUT2D eigenvalue weighted by Crippen LogP contribution is -2.13. The van der Waals surface area contributed by atoms with E-state index in [1.54, 1.807) is 0 Å². The molecule has 0 unspecified atom stereocenters. The van der Waals surface area contributed by atoms with Crippen molar-refractivity contribution in [2.75, 3.05) is 0 Å². The van der Waals surface area contributed by atoms with Crippen molar-refractivity contribution < 1.29 is 19.6 Å². The van der Waals surface area contributed by atoms with E-state index in [4.69, 9.17) is 10.8 Å². The number of fused-ring (bicyclic) bond motifs is 1. The number of hydrogen-bond donors (Lipinski definition) is 2. The van der Waals surface area contributed by atoms with Gasteiger partial charge in [0, 0.05) is 17.0 Å². The molecule has 1 amide bonds. The molecule has 2 aromatic rings. The molecular weight excluding hydrogens is 252 g/mol. The highest BCUT2D eigenvalue weighted by molar-refractivity contribution is 6.15. The highest BCUT2D eigenvalue weighted by Crippen LogP contribution is 2.30. The number of nitro benzene ring substituents is 1. The van der Waals surface area contributed by atoms with Gasteiger partial charge in [0.1, 0.15) is 0 Å². The monoisotopic (exact) mass is 260 g/mol. The molecule has 0 bridgehead atoms. The molecule has 0 aliphatic heterocycles. The average molecular weight is 260 g/mol. The van der Waals surface area contributed by atoms with Crippen molar-refractivity contribution in [3.8, 4) is 0 Å². The maximum Gasteiger partial charge on any atom is 0.336 e. The summed E-state index contributed by atoms with van der Waals surface area (Å²) < 4.78 is 0. The van der Waals surface area contributed by atoms with E-state index in [0.29, 0.717) is 0 Å². The number of amides is 1. The molecule has 0 radical (unpaired) electrons. The number of primary amides is 1. The topological polar surface area (TPSA) is 124 Å². The molecule has 2 aromatic carbocycles. The molecule has 96 valence electrons. The maximum atomic E-state index is 11.3. The Bertz CT molecular complexity index is 703. The lowest BCUT2D eigenvalue weighted by atomic mass is 9.97. The van der Waals surface area contributed by atoms with Gasteiger partial charge in [-0.2, -0.15) is 0 Å². The molecule has 0 aromatic heterocycles. The summed E-state index contributed by atoms with van der Waals surface area (Å²) in [5, 5.41) is 20.1. The first-order valence-corrected chi connectivity index (χ1v) is 5.16. The van der Waals surface area contributed by atoms with Crippen LogP contribution in [-0.2, 0) is 0 Å². The second-order valence-corrected chi connectivity index (χ2v) is 3.79. The summed E-state index contributed by atoms with van der Waals surface area (Å²) >= 11 is 0. The first-order chi connectivity index (χ1) is 8.93. The van der Waals surface area contributed by atoms with Gasteiger partial charge in [0.05, 0.1) is 15.9 Å². The highest BCUT2D eigenvalue weighted by Gasteiger charge is 2.21. The Kier molecular flexibility index (Phi) is 2.88. The third-order valence-corrected chi connectivity index (χ3v) is 2.71. The summed E-state index contributed by atoms with van der Waals surface area (Å²) in [7, 11) is 0. The van der Waals surface area contributed by atoms with Gasteiger partial charge in [0.2, 0.25) is 5.91 Å². The fourth-order valence-corrected chi connectivity index (χ4v) is 1.93. The van der Waals surface area contributed by atoms with E-state index >= 15 is 0 Å². The molecule has 0 aliphatic rings. The molecule has 0 aliphatic carbocycles. The second kappa shape index (κ2) is 4.37. The molecule has 0 fully saturated rings. The van der Waals surface area contributed by atoms with E-state index in [1.165, 1.54) is 18.2 Å². The van der Waals surface area contributed by atoms with Gasteiger partial charge in [-0.25, -0.2) is 4.79 Å². The number of aromatic carboxylic acids is 1. The van der Waals surface area contributed by atoms with Crippen LogP contribution < -0.4 is 5.73 Å². The zero-order chi connectivity index (χ0) is 14.2. The van der Waals surface area contributed by atoms with Crippen molar-refractivity contribution in [1.29, 1.82) is 0 Å². The Morgan fingerprint density at radius 3 is 2.37 bits per heavy atom. The molecule has 0 heterocycles. The number of hydrogen-bond acceptors (Lipinski definition) is 4. The minimum absolute atomic E-state index is 0.0169. The van der Waals surface area contributed by atoms with Crippen molar-refractivity contribution >= 4 is 28.3 Å². The molecule has 2 rings (SSSR count). The first kappa shape index (κ1) is 12.5. The Balaban J connectivity index is 3.01. The summed E-state index contributed by atoms with van der Waals surface area (Å²) in [4.78, 5) is 32.8. The van der Waals surface area contributed by atoms with Crippen molar-refractivity contribution in [2.45, 2.75) is 0 Å². The van der Waals surface area contributed by atoms with Crippen LogP contribution in [-0.4, -0.2) is 21.9 Å². The summed E-state index contributed by atoms with van der Waals surface area (Å²) in [5.41, 5.74) is 4.64. The first-order valence-electron chi connectivity index (χ1n) is 5.16. The van der Waals surface area contributed by atoms with E-state index in [1.807, 2.05) is 0 Å². The number of nitrogens with two attached hydrogens (primary N) is 1. The van der Waals surface area contributed by atoms with Crippen LogP contribution in [0.1, 0.15) is 20.7 Å². The number of nitro groups is 1. The molecule has 0 spiro atoms. The average Bonchev–Trinajstić information content (AvgIpc) is 2.35. The van der Waals surface area contributed by atoms with Gasteiger partial charge in [-0.3, -0.25) is 14.9 Å². The largest absolute Gasteiger partial charge is 0.478 e. The van der Waals surface area contributed by atoms with Crippen LogP contribution in [0.5, 0.6) is 0 Å². The van der Waals surface area contributed by atoms with Gasteiger partial charge in [0.25, 0.3) is 5.69 Å². The minimum Gasteiger partial charge on any atom is -0.478 e. The van der Waals surface area contributed by atoms with Gasteiger partial charge in [-0.15, -0.1) is 0 Å². The van der Waals surface area contributed by atoms with Crippen molar-refractivity contribution in [2.24, 2.45) is 5.73 Å². The predicted octanol–water partition coefficient (Wildman–Crippen LogP) is 1.55. The molecule has 7 heteroatoms. The molecule has 7 nitrogen and oxygen atoms in total. The van der Waals surface area contributed by atoms with Crippen LogP contribution in [0.4, 0.5) is 5.69 Å². The fraction of sp³-hybridized carbons (Fsp3) is 0.